The van der Waals surface area contributed by atoms with Gasteiger partial charge in [-0.2, -0.15) is 0 Å². The summed E-state index contributed by atoms with van der Waals surface area (Å²) in [4.78, 5) is 37.2. The summed E-state index contributed by atoms with van der Waals surface area (Å²) < 4.78 is 0. The van der Waals surface area contributed by atoms with Crippen LogP contribution in [0, 0.1) is 0 Å². The minimum absolute atomic E-state index is 0.0863. The topological polar surface area (TPSA) is 133 Å². The largest absolute Gasteiger partial charge is 0.478 e. The van der Waals surface area contributed by atoms with E-state index in [2.05, 4.69) is 25.8 Å². The molecule has 132 valence electrons. The molecule has 7 nitrogen and oxygen atoms in total. The van der Waals surface area contributed by atoms with Gasteiger partial charge in [0.2, 0.25) is 0 Å². The molecule has 0 radical (unpaired) electrons. The first-order valence-electron chi connectivity index (χ1n) is 7.73. The van der Waals surface area contributed by atoms with Crippen molar-refractivity contribution >= 4 is 17.8 Å². The number of nitrogens with two attached hydrogens (primary N) is 1. The fraction of sp³-hybridized carbons (Fsp3) is 0.278. The Bertz CT molecular complexity index is 895. The van der Waals surface area contributed by atoms with Gasteiger partial charge in [0.1, 0.15) is 16.9 Å². The molecule has 0 unspecified atom stereocenters. The zero-order valence-electron chi connectivity index (χ0n) is 14.2. The number of nitrogen functional groups attached to an aromatic ring is 1. The molecule has 0 fully saturated rings. The van der Waals surface area contributed by atoms with Crippen molar-refractivity contribution in [1.82, 2.24) is 4.98 Å². The van der Waals surface area contributed by atoms with Gasteiger partial charge in [-0.3, -0.25) is 4.79 Å². The maximum atomic E-state index is 12.0. The number of carboxylic acid groups (broad SMARTS) is 2. The van der Waals surface area contributed by atoms with Gasteiger partial charge in [-0.05, 0) is 23.0 Å². The molecule has 25 heavy (non-hydrogen) atoms. The van der Waals surface area contributed by atoms with E-state index in [1.54, 1.807) is 24.3 Å². The van der Waals surface area contributed by atoms with Gasteiger partial charge < -0.3 is 20.9 Å². The molecule has 0 amide bonds. The molecule has 0 atom stereocenters. The second-order valence-electron chi connectivity index (χ2n) is 6.42. The molecule has 0 spiro atoms. The number of rotatable bonds is 5. The molecule has 1 aromatic heterocycles. The molecule has 0 aliphatic heterocycles. The predicted octanol–water partition coefficient (Wildman–Crippen LogP) is 2.71. The summed E-state index contributed by atoms with van der Waals surface area (Å²) in [6.45, 7) is 6.19. The van der Waals surface area contributed by atoms with Crippen LogP contribution in [0.3, 0.4) is 0 Å². The first kappa shape index (κ1) is 18.3. The highest BCUT2D eigenvalue weighted by molar-refractivity contribution is 6.07. The Balaban J connectivity index is 2.80. The number of carboxylic acids is 2. The maximum absolute atomic E-state index is 12.0. The smallest absolute Gasteiger partial charge is 0.342 e. The van der Waals surface area contributed by atoms with Gasteiger partial charge in [0.25, 0.3) is 5.56 Å². The van der Waals surface area contributed by atoms with E-state index in [4.69, 9.17) is 5.73 Å². The molecular weight excluding hydrogens is 324 g/mol. The molecule has 1 aromatic carbocycles. The van der Waals surface area contributed by atoms with Gasteiger partial charge in [-0.15, -0.1) is 0 Å². The number of hydrogen-bond donors (Lipinski definition) is 4. The average Bonchev–Trinajstić information content (AvgIpc) is 2.53. The number of aromatic carboxylic acids is 2. The molecule has 0 aliphatic rings. The number of anilines is 1. The van der Waals surface area contributed by atoms with Crippen molar-refractivity contribution in [3.63, 3.8) is 0 Å². The summed E-state index contributed by atoms with van der Waals surface area (Å²) in [5.41, 5.74) is 4.65. The minimum atomic E-state index is -1.52. The number of H-pyrrole nitrogens is 1. The van der Waals surface area contributed by atoms with Crippen LogP contribution in [0.4, 0.5) is 5.82 Å². The summed E-state index contributed by atoms with van der Waals surface area (Å²) in [6, 6.07) is 6.82. The van der Waals surface area contributed by atoms with Crippen molar-refractivity contribution in [2.75, 3.05) is 5.73 Å². The number of nitrogens with one attached hydrogen (secondary N) is 1. The van der Waals surface area contributed by atoms with Crippen molar-refractivity contribution in [2.45, 2.75) is 32.6 Å². The lowest BCUT2D eigenvalue weighted by Gasteiger charge is -2.23. The van der Waals surface area contributed by atoms with E-state index < -0.39 is 28.6 Å². The Kier molecular flexibility index (Phi) is 4.69. The summed E-state index contributed by atoms with van der Waals surface area (Å²) in [6.07, 6.45) is 0.894. The minimum Gasteiger partial charge on any atom is -0.478 e. The van der Waals surface area contributed by atoms with E-state index in [9.17, 15) is 24.6 Å². The van der Waals surface area contributed by atoms with Crippen molar-refractivity contribution in [3.05, 3.63) is 51.3 Å². The van der Waals surface area contributed by atoms with Gasteiger partial charge in [-0.25, -0.2) is 9.59 Å². The van der Waals surface area contributed by atoms with Gasteiger partial charge in [0.15, 0.2) is 0 Å². The molecule has 0 bridgehead atoms. The number of carbonyl (C=O) groups is 2. The summed E-state index contributed by atoms with van der Waals surface area (Å²) in [5.74, 6) is -3.31. The second-order valence-corrected chi connectivity index (χ2v) is 6.42. The molecule has 5 N–H and O–H groups in total. The summed E-state index contributed by atoms with van der Waals surface area (Å²) in [5, 5.41) is 18.8. The number of pyridine rings is 1. The zero-order valence-corrected chi connectivity index (χ0v) is 14.2. The van der Waals surface area contributed by atoms with Gasteiger partial charge in [0, 0.05) is 5.56 Å². The Labute approximate surface area is 144 Å². The lowest BCUT2D eigenvalue weighted by atomic mass is 9.81. The third kappa shape index (κ3) is 3.26. The zero-order chi connectivity index (χ0) is 18.9. The molecule has 2 rings (SSSR count). The summed E-state index contributed by atoms with van der Waals surface area (Å²) in [7, 11) is 0. The predicted molar refractivity (Wildman–Crippen MR) is 94.1 cm³/mol. The number of hydrogen-bond acceptors (Lipinski definition) is 4. The molecular formula is C18H20N2O5. The van der Waals surface area contributed by atoms with Crippen molar-refractivity contribution in [3.8, 4) is 11.1 Å². The van der Waals surface area contributed by atoms with Crippen LogP contribution in [0.1, 0.15) is 53.5 Å². The fourth-order valence-corrected chi connectivity index (χ4v) is 2.63. The third-order valence-corrected chi connectivity index (χ3v) is 4.51. The fourth-order valence-electron chi connectivity index (χ4n) is 2.63. The van der Waals surface area contributed by atoms with Gasteiger partial charge >= 0.3 is 11.9 Å². The van der Waals surface area contributed by atoms with Crippen molar-refractivity contribution in [2.24, 2.45) is 0 Å². The first-order chi connectivity index (χ1) is 11.6. The van der Waals surface area contributed by atoms with E-state index in [0.717, 1.165) is 12.0 Å². The van der Waals surface area contributed by atoms with Crippen LogP contribution in [0.25, 0.3) is 11.1 Å². The standard InChI is InChI=1S/C18H20N2O5/c1-4-18(2,3)10-7-5-9(6-8-10)11-12(16(22)23)14(19)20-15(21)13(11)17(24)25/h5-8H,4H2,1-3H3,(H,22,23)(H,24,25)(H3,19,20,21). The average molecular weight is 344 g/mol. The highest BCUT2D eigenvalue weighted by atomic mass is 16.4. The monoisotopic (exact) mass is 344 g/mol. The van der Waals surface area contributed by atoms with E-state index in [-0.39, 0.29) is 16.8 Å². The van der Waals surface area contributed by atoms with Crippen LogP contribution in [0.5, 0.6) is 0 Å². The number of benzene rings is 1. The van der Waals surface area contributed by atoms with Crippen LogP contribution < -0.4 is 11.3 Å². The first-order valence-corrected chi connectivity index (χ1v) is 7.73. The van der Waals surface area contributed by atoms with Gasteiger partial charge in [0.05, 0.1) is 0 Å². The number of aromatic amines is 1. The lowest BCUT2D eigenvalue weighted by Crippen LogP contribution is -2.24. The van der Waals surface area contributed by atoms with Crippen LogP contribution in [0.15, 0.2) is 29.1 Å². The van der Waals surface area contributed by atoms with Crippen LogP contribution in [0.2, 0.25) is 0 Å². The molecule has 0 aliphatic carbocycles. The maximum Gasteiger partial charge on any atom is 0.342 e. The SMILES string of the molecule is CCC(C)(C)c1ccc(-c2c(C(=O)O)c(N)[nH]c(=O)c2C(=O)O)cc1. The third-order valence-electron chi connectivity index (χ3n) is 4.51. The van der Waals surface area contributed by atoms with Crippen molar-refractivity contribution < 1.29 is 19.8 Å². The Morgan fingerprint density at radius 3 is 2.04 bits per heavy atom. The lowest BCUT2D eigenvalue weighted by molar-refractivity contribution is 0.0695. The quantitative estimate of drug-likeness (QED) is 0.659. The van der Waals surface area contributed by atoms with Crippen LogP contribution in [-0.2, 0) is 5.41 Å². The van der Waals surface area contributed by atoms with Crippen LogP contribution >= 0.6 is 0 Å². The van der Waals surface area contributed by atoms with E-state index >= 15 is 0 Å². The second kappa shape index (κ2) is 6.43. The normalized spacial score (nSPS) is 11.3. The highest BCUT2D eigenvalue weighted by Crippen LogP contribution is 2.32. The van der Waals surface area contributed by atoms with E-state index in [1.807, 2.05) is 0 Å². The Morgan fingerprint density at radius 1 is 1.08 bits per heavy atom. The van der Waals surface area contributed by atoms with Gasteiger partial charge in [-0.1, -0.05) is 45.0 Å². The van der Waals surface area contributed by atoms with Crippen LogP contribution in [-0.4, -0.2) is 27.1 Å². The molecule has 0 saturated heterocycles. The summed E-state index contributed by atoms with van der Waals surface area (Å²) >= 11 is 0. The Morgan fingerprint density at radius 2 is 1.60 bits per heavy atom. The Hall–Kier alpha value is -3.09. The molecule has 1 heterocycles. The number of aromatic nitrogens is 1. The highest BCUT2D eigenvalue weighted by Gasteiger charge is 2.27. The van der Waals surface area contributed by atoms with Crippen molar-refractivity contribution in [1.29, 1.82) is 0 Å². The molecule has 7 heteroatoms. The van der Waals surface area contributed by atoms with E-state index in [1.165, 1.54) is 0 Å². The molecule has 0 saturated carbocycles. The molecule has 2 aromatic rings. The van der Waals surface area contributed by atoms with E-state index in [0.29, 0.717) is 5.56 Å².